The molecule has 280 valence electrons. The van der Waals surface area contributed by atoms with Crippen LogP contribution < -0.4 is 18.5 Å². The van der Waals surface area contributed by atoms with E-state index in [1.165, 1.54) is 25.2 Å². The van der Waals surface area contributed by atoms with E-state index >= 15 is 8.78 Å². The third-order valence-corrected chi connectivity index (χ3v) is 10.8. The van der Waals surface area contributed by atoms with Crippen LogP contribution in [0.2, 0.25) is 0 Å². The van der Waals surface area contributed by atoms with Crippen LogP contribution in [-0.2, 0) is 21.3 Å². The fraction of sp³-hybridized carbons (Fsp3) is 0.382. The maximum absolute atomic E-state index is 15.8. The number of benzene rings is 3. The molecule has 0 saturated carbocycles. The number of hydrogen-bond acceptors (Lipinski definition) is 10. The van der Waals surface area contributed by atoms with E-state index in [1.807, 2.05) is 0 Å². The zero-order valence-corrected chi connectivity index (χ0v) is 30.3. The minimum absolute atomic E-state index is 0.0670. The number of hydrogen-bond donors (Lipinski definition) is 0. The van der Waals surface area contributed by atoms with Crippen molar-refractivity contribution in [3.8, 4) is 17.2 Å². The topological polar surface area (TPSA) is 120 Å². The lowest BCUT2D eigenvalue weighted by molar-refractivity contribution is 0.0108. The van der Waals surface area contributed by atoms with Gasteiger partial charge in [-0.05, 0) is 56.9 Å². The zero-order valence-electron chi connectivity index (χ0n) is 28.7. The Morgan fingerprint density at radius 3 is 2.33 bits per heavy atom. The van der Waals surface area contributed by atoms with Crippen LogP contribution in [0.5, 0.6) is 17.2 Å². The SMILES string of the molecule is COc1ccc(CN(c2ncns2)S(=O)(=O)c2cc(F)c(OCC3CN(C(=O)OC(C)(C)C)CCC3c3cc(F)c(F)cc3F)cc2F)c(OC)c1. The van der Waals surface area contributed by atoms with Gasteiger partial charge in [0.15, 0.2) is 23.2 Å². The molecule has 5 rings (SSSR count). The summed E-state index contributed by atoms with van der Waals surface area (Å²) < 4.78 is 128. The molecule has 1 aliphatic rings. The molecule has 1 fully saturated rings. The highest BCUT2D eigenvalue weighted by atomic mass is 32.2. The Morgan fingerprint density at radius 1 is 0.942 bits per heavy atom. The molecular weight excluding hydrogens is 736 g/mol. The number of halogens is 5. The van der Waals surface area contributed by atoms with Crippen LogP contribution in [0.15, 0.2) is 53.7 Å². The molecule has 3 aromatic carbocycles. The molecule has 0 bridgehead atoms. The Balaban J connectivity index is 1.44. The number of carbonyl (C=O) groups excluding carboxylic acids is 1. The van der Waals surface area contributed by atoms with Crippen molar-refractivity contribution in [2.75, 3.05) is 38.2 Å². The van der Waals surface area contributed by atoms with Crippen molar-refractivity contribution in [2.45, 2.75) is 50.2 Å². The van der Waals surface area contributed by atoms with Crippen molar-refractivity contribution in [2.24, 2.45) is 5.92 Å². The first-order valence-electron chi connectivity index (χ1n) is 15.8. The monoisotopic (exact) mass is 770 g/mol. The van der Waals surface area contributed by atoms with E-state index in [2.05, 4.69) is 9.36 Å². The number of nitrogens with zero attached hydrogens (tertiary/aromatic N) is 4. The largest absolute Gasteiger partial charge is 0.497 e. The lowest BCUT2D eigenvalue weighted by Gasteiger charge is -2.39. The first kappa shape index (κ1) is 38.5. The summed E-state index contributed by atoms with van der Waals surface area (Å²) in [6, 6.07) is 6.78. The molecule has 0 spiro atoms. The molecule has 18 heteroatoms. The first-order chi connectivity index (χ1) is 24.5. The number of methoxy groups -OCH3 is 2. The molecule has 0 radical (unpaired) electrons. The lowest BCUT2D eigenvalue weighted by Crippen LogP contribution is -2.47. The second kappa shape index (κ2) is 15.5. The molecule has 0 aliphatic carbocycles. The number of amides is 1. The van der Waals surface area contributed by atoms with Crippen molar-refractivity contribution in [1.29, 1.82) is 0 Å². The average Bonchev–Trinajstić information content (AvgIpc) is 3.62. The number of aromatic nitrogens is 2. The van der Waals surface area contributed by atoms with Crippen molar-refractivity contribution < 1.29 is 54.1 Å². The van der Waals surface area contributed by atoms with E-state index in [1.54, 1.807) is 32.9 Å². The molecule has 2 unspecified atom stereocenters. The second-order valence-electron chi connectivity index (χ2n) is 12.8. The summed E-state index contributed by atoms with van der Waals surface area (Å²) >= 11 is 0.707. The Bertz CT molecular complexity index is 2030. The van der Waals surface area contributed by atoms with Gasteiger partial charge in [0.2, 0.25) is 5.13 Å². The van der Waals surface area contributed by atoms with Gasteiger partial charge >= 0.3 is 6.09 Å². The lowest BCUT2D eigenvalue weighted by atomic mass is 9.80. The van der Waals surface area contributed by atoms with Crippen LogP contribution in [0.4, 0.5) is 31.9 Å². The van der Waals surface area contributed by atoms with Crippen molar-refractivity contribution >= 4 is 32.8 Å². The predicted octanol–water partition coefficient (Wildman–Crippen LogP) is 7.07. The van der Waals surface area contributed by atoms with Gasteiger partial charge in [0, 0.05) is 60.4 Å². The number of piperidine rings is 1. The minimum atomic E-state index is -4.84. The standard InChI is InChI=1S/C34H35F5N4O7S2/c1-34(2,3)50-33(44)42-9-8-22(23-11-25(36)26(37)12-24(23)35)20(15-42)17-49-30-13-28(39)31(14-27(30)38)52(45,46)43(32-40-18-41-51-32)16-19-6-7-21(47-4)10-29(19)48-5/h6-7,10-14,18,20,22H,8-9,15-17H2,1-5H3. The molecule has 2 heterocycles. The van der Waals surface area contributed by atoms with Crippen LogP contribution in [0, 0.1) is 35.0 Å². The van der Waals surface area contributed by atoms with Gasteiger partial charge in [-0.15, -0.1) is 0 Å². The molecular formula is C34H35F5N4O7S2. The number of anilines is 1. The molecule has 11 nitrogen and oxygen atoms in total. The summed E-state index contributed by atoms with van der Waals surface area (Å²) in [7, 11) is -2.03. The normalized spacial score (nSPS) is 16.4. The van der Waals surface area contributed by atoms with Crippen LogP contribution in [0.25, 0.3) is 0 Å². The van der Waals surface area contributed by atoms with E-state index in [-0.39, 0.29) is 36.0 Å². The molecule has 2 atom stereocenters. The predicted molar refractivity (Wildman–Crippen MR) is 180 cm³/mol. The number of sulfonamides is 1. The van der Waals surface area contributed by atoms with Crippen LogP contribution in [0.3, 0.4) is 0 Å². The van der Waals surface area contributed by atoms with Gasteiger partial charge in [-0.25, -0.2) is 44.5 Å². The molecule has 1 amide bonds. The van der Waals surface area contributed by atoms with Crippen molar-refractivity contribution in [1.82, 2.24) is 14.3 Å². The Labute approximate surface area is 301 Å². The van der Waals surface area contributed by atoms with Gasteiger partial charge in [-0.3, -0.25) is 0 Å². The zero-order chi connectivity index (χ0) is 38.0. The number of rotatable bonds is 11. The van der Waals surface area contributed by atoms with Gasteiger partial charge in [0.05, 0.1) is 27.4 Å². The Hall–Kier alpha value is -4.71. The fourth-order valence-electron chi connectivity index (χ4n) is 5.73. The van der Waals surface area contributed by atoms with Gasteiger partial charge in [0.1, 0.15) is 40.0 Å². The smallest absolute Gasteiger partial charge is 0.410 e. The van der Waals surface area contributed by atoms with Gasteiger partial charge in [-0.2, -0.15) is 4.37 Å². The summed E-state index contributed by atoms with van der Waals surface area (Å²) in [4.78, 5) is 17.1. The summed E-state index contributed by atoms with van der Waals surface area (Å²) in [5, 5.41) is -0.139. The third kappa shape index (κ3) is 8.49. The molecule has 1 aromatic heterocycles. The average molecular weight is 771 g/mol. The molecule has 0 N–H and O–H groups in total. The highest BCUT2D eigenvalue weighted by molar-refractivity contribution is 7.93. The van der Waals surface area contributed by atoms with Gasteiger partial charge < -0.3 is 23.8 Å². The van der Waals surface area contributed by atoms with E-state index in [0.717, 1.165) is 16.7 Å². The van der Waals surface area contributed by atoms with Crippen LogP contribution in [0.1, 0.15) is 44.2 Å². The maximum Gasteiger partial charge on any atom is 0.410 e. The summed E-state index contributed by atoms with van der Waals surface area (Å²) in [5.74, 6) is -8.01. The maximum atomic E-state index is 15.8. The highest BCUT2D eigenvalue weighted by Crippen LogP contribution is 2.38. The highest BCUT2D eigenvalue weighted by Gasteiger charge is 2.37. The fourth-order valence-corrected chi connectivity index (χ4v) is 7.92. The second-order valence-corrected chi connectivity index (χ2v) is 15.4. The molecule has 4 aromatic rings. The molecule has 52 heavy (non-hydrogen) atoms. The Kier molecular flexibility index (Phi) is 11.5. The van der Waals surface area contributed by atoms with Gasteiger partial charge in [-0.1, -0.05) is 0 Å². The van der Waals surface area contributed by atoms with Crippen LogP contribution in [-0.4, -0.2) is 68.3 Å². The van der Waals surface area contributed by atoms with E-state index in [4.69, 9.17) is 18.9 Å². The number of likely N-dealkylation sites (tertiary alicyclic amines) is 1. The summed E-state index contributed by atoms with van der Waals surface area (Å²) in [6.45, 7) is 4.08. The quantitative estimate of drug-likeness (QED) is 0.117. The van der Waals surface area contributed by atoms with Crippen LogP contribution >= 0.6 is 11.5 Å². The van der Waals surface area contributed by atoms with Gasteiger partial charge in [0.25, 0.3) is 10.0 Å². The summed E-state index contributed by atoms with van der Waals surface area (Å²) in [6.07, 6.45) is 0.487. The van der Waals surface area contributed by atoms with E-state index < -0.39 is 86.4 Å². The van der Waals surface area contributed by atoms with E-state index in [0.29, 0.717) is 41.0 Å². The third-order valence-electron chi connectivity index (χ3n) is 8.20. The minimum Gasteiger partial charge on any atom is -0.497 e. The first-order valence-corrected chi connectivity index (χ1v) is 18.0. The molecule has 1 aliphatic heterocycles. The molecule has 1 saturated heterocycles. The van der Waals surface area contributed by atoms with E-state index in [9.17, 15) is 26.4 Å². The Morgan fingerprint density at radius 2 is 1.67 bits per heavy atom. The van der Waals surface area contributed by atoms with Crippen molar-refractivity contribution in [3.05, 3.63) is 89.0 Å². The van der Waals surface area contributed by atoms with Crippen molar-refractivity contribution in [3.63, 3.8) is 0 Å². The number of ether oxygens (including phenoxy) is 4. The summed E-state index contributed by atoms with van der Waals surface area (Å²) in [5.41, 5.74) is -0.682. The number of carbonyl (C=O) groups is 1.